The van der Waals surface area contributed by atoms with Gasteiger partial charge in [-0.25, -0.2) is 0 Å². The molecule has 0 radical (unpaired) electrons. The first-order chi connectivity index (χ1) is 14.5. The lowest BCUT2D eigenvalue weighted by Crippen LogP contribution is -2.38. The van der Waals surface area contributed by atoms with Gasteiger partial charge in [-0.05, 0) is 29.7 Å². The summed E-state index contributed by atoms with van der Waals surface area (Å²) in [4.78, 5) is 26.4. The maximum absolute atomic E-state index is 13.0. The Morgan fingerprint density at radius 3 is 2.43 bits per heavy atom. The number of aromatic hydroxyl groups is 1. The van der Waals surface area contributed by atoms with Gasteiger partial charge in [-0.1, -0.05) is 6.07 Å². The zero-order valence-corrected chi connectivity index (χ0v) is 17.5. The highest BCUT2D eigenvalue weighted by Gasteiger charge is 2.31. The van der Waals surface area contributed by atoms with Crippen LogP contribution in [0.2, 0.25) is 0 Å². The number of benzene rings is 1. The minimum Gasteiger partial charge on any atom is -0.508 e. The molecular formula is C21H32N2O7. The van der Waals surface area contributed by atoms with Gasteiger partial charge in [-0.15, -0.1) is 0 Å². The van der Waals surface area contributed by atoms with E-state index in [0.29, 0.717) is 65.7 Å². The molecule has 1 atom stereocenters. The van der Waals surface area contributed by atoms with Crippen LogP contribution in [0.15, 0.2) is 18.2 Å². The number of nitrogens with zero attached hydrogens (tertiary/aromatic N) is 1. The lowest BCUT2D eigenvalue weighted by molar-refractivity contribution is -0.147. The van der Waals surface area contributed by atoms with E-state index in [1.165, 1.54) is 7.11 Å². The second kappa shape index (κ2) is 13.2. The Balaban J connectivity index is 1.84. The molecule has 1 aromatic carbocycles. The molecule has 0 bridgehead atoms. The second-order valence-electron chi connectivity index (χ2n) is 7.02. The summed E-state index contributed by atoms with van der Waals surface area (Å²) in [5.74, 6) is -0.885. The third kappa shape index (κ3) is 7.91. The van der Waals surface area contributed by atoms with Crippen molar-refractivity contribution >= 4 is 11.9 Å². The molecule has 0 fully saturated rings. The molecule has 9 nitrogen and oxygen atoms in total. The van der Waals surface area contributed by atoms with E-state index in [2.05, 4.69) is 0 Å². The average Bonchev–Trinajstić information content (AvgIpc) is 2.86. The van der Waals surface area contributed by atoms with Gasteiger partial charge in [0.1, 0.15) is 5.75 Å². The van der Waals surface area contributed by atoms with E-state index in [1.807, 2.05) is 0 Å². The fraction of sp³-hybridized carbons (Fsp3) is 0.619. The number of fused-ring (bicyclic) bond motifs is 1. The molecule has 168 valence electrons. The fourth-order valence-electron chi connectivity index (χ4n) is 3.29. The standard InChI is InChI=1S/C21H32N2O7/c1-27-20(25)14-17-12-16-2-3-19(24)13-18(16)15-23(21(17)26)5-7-29-9-11-30-10-8-28-6-4-22/h2-3,13,17,24H,4-12,14-15,22H2,1H3/t17-/m0/s1. The molecule has 0 spiro atoms. The highest BCUT2D eigenvalue weighted by Crippen LogP contribution is 2.27. The van der Waals surface area contributed by atoms with Gasteiger partial charge >= 0.3 is 5.97 Å². The summed E-state index contributed by atoms with van der Waals surface area (Å²) < 4.78 is 20.9. The molecule has 0 aromatic heterocycles. The van der Waals surface area contributed by atoms with Crippen LogP contribution in [-0.2, 0) is 41.5 Å². The Hall–Kier alpha value is -2.20. The summed E-state index contributed by atoms with van der Waals surface area (Å²) in [6.45, 7) is 3.90. The van der Waals surface area contributed by atoms with Crippen molar-refractivity contribution in [1.82, 2.24) is 4.90 Å². The number of hydrogen-bond donors (Lipinski definition) is 2. The van der Waals surface area contributed by atoms with E-state index < -0.39 is 11.9 Å². The van der Waals surface area contributed by atoms with Crippen molar-refractivity contribution in [3.63, 3.8) is 0 Å². The highest BCUT2D eigenvalue weighted by molar-refractivity contribution is 5.84. The van der Waals surface area contributed by atoms with Crippen molar-refractivity contribution < 1.29 is 33.6 Å². The Kier molecular flexibility index (Phi) is 10.6. The van der Waals surface area contributed by atoms with E-state index in [-0.39, 0.29) is 18.1 Å². The molecular weight excluding hydrogens is 392 g/mol. The Morgan fingerprint density at radius 2 is 1.77 bits per heavy atom. The van der Waals surface area contributed by atoms with Crippen LogP contribution in [0.25, 0.3) is 0 Å². The Labute approximate surface area is 177 Å². The lowest BCUT2D eigenvalue weighted by atomic mass is 9.94. The van der Waals surface area contributed by atoms with Gasteiger partial charge in [-0.2, -0.15) is 0 Å². The van der Waals surface area contributed by atoms with Crippen molar-refractivity contribution in [1.29, 1.82) is 0 Å². The predicted octanol–water partition coefficient (Wildman–Crippen LogP) is 0.465. The number of ether oxygens (including phenoxy) is 4. The normalized spacial score (nSPS) is 16.3. The Bertz CT molecular complexity index is 683. The molecule has 0 saturated carbocycles. The number of carbonyl (C=O) groups is 2. The predicted molar refractivity (Wildman–Crippen MR) is 109 cm³/mol. The number of amides is 1. The lowest BCUT2D eigenvalue weighted by Gasteiger charge is -2.24. The zero-order chi connectivity index (χ0) is 21.8. The van der Waals surface area contributed by atoms with Crippen LogP contribution in [0.1, 0.15) is 17.5 Å². The van der Waals surface area contributed by atoms with Gasteiger partial charge in [0, 0.05) is 19.6 Å². The van der Waals surface area contributed by atoms with Crippen molar-refractivity contribution in [3.05, 3.63) is 29.3 Å². The molecule has 9 heteroatoms. The van der Waals surface area contributed by atoms with Gasteiger partial charge in [-0.3, -0.25) is 9.59 Å². The van der Waals surface area contributed by atoms with Crippen LogP contribution in [0.3, 0.4) is 0 Å². The average molecular weight is 424 g/mol. The number of phenols is 1. The highest BCUT2D eigenvalue weighted by atomic mass is 16.5. The van der Waals surface area contributed by atoms with Crippen LogP contribution in [0, 0.1) is 5.92 Å². The number of carbonyl (C=O) groups excluding carboxylic acids is 2. The van der Waals surface area contributed by atoms with Crippen molar-refractivity contribution in [2.75, 3.05) is 59.8 Å². The van der Waals surface area contributed by atoms with E-state index in [1.54, 1.807) is 23.1 Å². The van der Waals surface area contributed by atoms with Gasteiger partial charge in [0.05, 0.1) is 59.1 Å². The minimum atomic E-state index is -0.500. The van der Waals surface area contributed by atoms with E-state index in [4.69, 9.17) is 24.7 Å². The number of methoxy groups -OCH3 is 1. The minimum absolute atomic E-state index is 0.0209. The van der Waals surface area contributed by atoms with Crippen molar-refractivity contribution in [3.8, 4) is 5.75 Å². The van der Waals surface area contributed by atoms with Gasteiger partial charge in [0.25, 0.3) is 0 Å². The first-order valence-electron chi connectivity index (χ1n) is 10.1. The maximum atomic E-state index is 13.0. The summed E-state index contributed by atoms with van der Waals surface area (Å²) >= 11 is 0. The molecule has 1 aromatic rings. The van der Waals surface area contributed by atoms with Crippen molar-refractivity contribution in [2.24, 2.45) is 11.7 Å². The van der Waals surface area contributed by atoms with Crippen LogP contribution >= 0.6 is 0 Å². The summed E-state index contributed by atoms with van der Waals surface area (Å²) in [5.41, 5.74) is 7.15. The fourth-order valence-corrected chi connectivity index (χ4v) is 3.29. The first-order valence-corrected chi connectivity index (χ1v) is 10.1. The molecule has 30 heavy (non-hydrogen) atoms. The number of phenolic OH excluding ortho intramolecular Hbond substituents is 1. The second-order valence-corrected chi connectivity index (χ2v) is 7.02. The molecule has 1 aliphatic rings. The van der Waals surface area contributed by atoms with E-state index in [0.717, 1.165) is 11.1 Å². The number of nitrogens with two attached hydrogens (primary N) is 1. The maximum Gasteiger partial charge on any atom is 0.306 e. The molecule has 0 aliphatic carbocycles. The van der Waals surface area contributed by atoms with E-state index in [9.17, 15) is 14.7 Å². The van der Waals surface area contributed by atoms with E-state index >= 15 is 0 Å². The third-order valence-electron chi connectivity index (χ3n) is 4.83. The van der Waals surface area contributed by atoms with Crippen LogP contribution in [0.4, 0.5) is 0 Å². The monoisotopic (exact) mass is 424 g/mol. The summed E-state index contributed by atoms with van der Waals surface area (Å²) in [6, 6.07) is 5.06. The molecule has 0 saturated heterocycles. The molecule has 2 rings (SSSR count). The van der Waals surface area contributed by atoms with Crippen molar-refractivity contribution in [2.45, 2.75) is 19.4 Å². The SMILES string of the molecule is COC(=O)C[C@@H]1Cc2ccc(O)cc2CN(CCOCCOCCOCCN)C1=O. The topological polar surface area (TPSA) is 121 Å². The van der Waals surface area contributed by atoms with Gasteiger partial charge in [0.2, 0.25) is 5.91 Å². The molecule has 3 N–H and O–H groups in total. The summed E-state index contributed by atoms with van der Waals surface area (Å²) in [6.07, 6.45) is 0.452. The quantitative estimate of drug-likeness (QED) is 0.346. The van der Waals surface area contributed by atoms with Gasteiger partial charge < -0.3 is 34.7 Å². The molecule has 0 unspecified atom stereocenters. The van der Waals surface area contributed by atoms with Crippen LogP contribution in [-0.4, -0.2) is 81.7 Å². The van der Waals surface area contributed by atoms with Crippen LogP contribution in [0.5, 0.6) is 5.75 Å². The number of esters is 1. The molecule has 1 amide bonds. The molecule has 1 aliphatic heterocycles. The summed E-state index contributed by atoms with van der Waals surface area (Å²) in [5, 5.41) is 9.82. The van der Waals surface area contributed by atoms with Crippen LogP contribution < -0.4 is 5.73 Å². The number of rotatable bonds is 13. The van der Waals surface area contributed by atoms with Gasteiger partial charge in [0.15, 0.2) is 0 Å². The Morgan fingerprint density at radius 1 is 1.10 bits per heavy atom. The third-order valence-corrected chi connectivity index (χ3v) is 4.83. The largest absolute Gasteiger partial charge is 0.508 e. The number of hydrogen-bond acceptors (Lipinski definition) is 8. The zero-order valence-electron chi connectivity index (χ0n) is 17.5. The summed E-state index contributed by atoms with van der Waals surface area (Å²) in [7, 11) is 1.31. The molecule has 1 heterocycles. The first kappa shape index (κ1) is 24.1. The smallest absolute Gasteiger partial charge is 0.306 e.